The van der Waals surface area contributed by atoms with Crippen LogP contribution in [0, 0.1) is 11.8 Å². The van der Waals surface area contributed by atoms with E-state index in [0.717, 1.165) is 23.2 Å². The normalized spacial score (nSPS) is 25.2. The van der Waals surface area contributed by atoms with Crippen LogP contribution in [0.4, 0.5) is 16.2 Å². The predicted molar refractivity (Wildman–Crippen MR) is 86.7 cm³/mol. The number of carbonyl (C=O) groups is 1. The Bertz CT molecular complexity index is 448. The molecule has 0 aliphatic heterocycles. The number of benzene rings is 1. The first kappa shape index (κ1) is 15.7. The van der Waals surface area contributed by atoms with Crippen LogP contribution in [-0.2, 0) is 4.74 Å². The summed E-state index contributed by atoms with van der Waals surface area (Å²) in [6, 6.07) is 8.36. The molecule has 1 saturated carbocycles. The van der Waals surface area contributed by atoms with Crippen molar-refractivity contribution in [2.24, 2.45) is 11.8 Å². The molecule has 2 rings (SSSR count). The van der Waals surface area contributed by atoms with Crippen LogP contribution in [0.3, 0.4) is 0 Å². The van der Waals surface area contributed by atoms with E-state index in [0.29, 0.717) is 12.6 Å². The molecule has 0 bridgehead atoms. The summed E-state index contributed by atoms with van der Waals surface area (Å²) in [6.45, 7) is 6.83. The highest BCUT2D eigenvalue weighted by Crippen LogP contribution is 2.30. The molecule has 1 aromatic carbocycles. The van der Waals surface area contributed by atoms with E-state index < -0.39 is 6.09 Å². The van der Waals surface area contributed by atoms with Gasteiger partial charge in [-0.2, -0.15) is 0 Å². The van der Waals surface area contributed by atoms with Crippen LogP contribution in [0.25, 0.3) is 0 Å². The minimum atomic E-state index is -0.409. The zero-order valence-electron chi connectivity index (χ0n) is 13.2. The average Bonchev–Trinajstić information content (AvgIpc) is 2.40. The molecular formula is C17H26N2O2. The SMILES string of the molecule is CCOC(=O)Nc1ccc(NC2CC(C)CC(C)C2)cc1. The van der Waals surface area contributed by atoms with Gasteiger partial charge in [0.1, 0.15) is 0 Å². The second-order valence-corrected chi connectivity index (χ2v) is 6.18. The van der Waals surface area contributed by atoms with Gasteiger partial charge in [-0.05, 0) is 62.3 Å². The fraction of sp³-hybridized carbons (Fsp3) is 0.588. The molecule has 2 unspecified atom stereocenters. The molecule has 1 amide bonds. The Morgan fingerprint density at radius 3 is 2.24 bits per heavy atom. The van der Waals surface area contributed by atoms with Gasteiger partial charge in [0.05, 0.1) is 6.61 Å². The van der Waals surface area contributed by atoms with Gasteiger partial charge in [-0.15, -0.1) is 0 Å². The third kappa shape index (κ3) is 4.96. The van der Waals surface area contributed by atoms with Crippen molar-refractivity contribution >= 4 is 17.5 Å². The first-order chi connectivity index (χ1) is 10.1. The van der Waals surface area contributed by atoms with Crippen LogP contribution in [0.15, 0.2) is 24.3 Å². The summed E-state index contributed by atoms with van der Waals surface area (Å²) >= 11 is 0. The largest absolute Gasteiger partial charge is 0.450 e. The van der Waals surface area contributed by atoms with Crippen molar-refractivity contribution in [1.29, 1.82) is 0 Å². The Morgan fingerprint density at radius 2 is 1.67 bits per heavy atom. The van der Waals surface area contributed by atoms with E-state index in [4.69, 9.17) is 4.74 Å². The minimum absolute atomic E-state index is 0.378. The molecule has 0 spiro atoms. The van der Waals surface area contributed by atoms with Crippen molar-refractivity contribution in [1.82, 2.24) is 0 Å². The number of amides is 1. The highest BCUT2D eigenvalue weighted by molar-refractivity contribution is 5.84. The fourth-order valence-electron chi connectivity index (χ4n) is 3.24. The zero-order chi connectivity index (χ0) is 15.2. The number of carbonyl (C=O) groups excluding carboxylic acids is 1. The summed E-state index contributed by atoms with van der Waals surface area (Å²) in [6.07, 6.45) is 3.38. The summed E-state index contributed by atoms with van der Waals surface area (Å²) in [5.74, 6) is 1.58. The molecule has 2 atom stereocenters. The van der Waals surface area contributed by atoms with Gasteiger partial charge >= 0.3 is 6.09 Å². The third-order valence-corrected chi connectivity index (χ3v) is 3.96. The Kier molecular flexibility index (Phi) is 5.48. The molecule has 1 fully saturated rings. The summed E-state index contributed by atoms with van der Waals surface area (Å²) < 4.78 is 4.86. The Balaban J connectivity index is 1.88. The van der Waals surface area contributed by atoms with Crippen molar-refractivity contribution < 1.29 is 9.53 Å². The smallest absolute Gasteiger partial charge is 0.411 e. The minimum Gasteiger partial charge on any atom is -0.450 e. The van der Waals surface area contributed by atoms with E-state index in [-0.39, 0.29) is 0 Å². The van der Waals surface area contributed by atoms with Gasteiger partial charge in [0, 0.05) is 17.4 Å². The number of ether oxygens (including phenoxy) is 1. The maximum absolute atomic E-state index is 11.3. The predicted octanol–water partition coefficient (Wildman–Crippen LogP) is 4.49. The van der Waals surface area contributed by atoms with Crippen molar-refractivity contribution in [3.63, 3.8) is 0 Å². The third-order valence-electron chi connectivity index (χ3n) is 3.96. The Labute approximate surface area is 127 Å². The molecule has 4 nitrogen and oxygen atoms in total. The van der Waals surface area contributed by atoms with Crippen LogP contribution in [0.5, 0.6) is 0 Å². The Hall–Kier alpha value is -1.71. The van der Waals surface area contributed by atoms with Gasteiger partial charge in [0.15, 0.2) is 0 Å². The summed E-state index contributed by atoms with van der Waals surface area (Å²) in [7, 11) is 0. The number of hydrogen-bond donors (Lipinski definition) is 2. The van der Waals surface area contributed by atoms with Crippen molar-refractivity contribution in [3.8, 4) is 0 Å². The van der Waals surface area contributed by atoms with Gasteiger partial charge in [0.2, 0.25) is 0 Å². The second kappa shape index (κ2) is 7.34. The monoisotopic (exact) mass is 290 g/mol. The summed E-state index contributed by atoms with van der Waals surface area (Å²) in [5, 5.41) is 6.30. The van der Waals surface area contributed by atoms with Crippen LogP contribution in [0.1, 0.15) is 40.0 Å². The molecular weight excluding hydrogens is 264 g/mol. The first-order valence-corrected chi connectivity index (χ1v) is 7.87. The van der Waals surface area contributed by atoms with E-state index in [1.54, 1.807) is 6.92 Å². The number of anilines is 2. The molecule has 116 valence electrons. The standard InChI is InChI=1S/C17H26N2O2/c1-4-21-17(20)19-15-7-5-14(6-8-15)18-16-10-12(2)9-13(3)11-16/h5-8,12-13,16,18H,4,9-11H2,1-3H3,(H,19,20). The quantitative estimate of drug-likeness (QED) is 0.859. The van der Waals surface area contributed by atoms with Crippen molar-refractivity contribution in [2.75, 3.05) is 17.2 Å². The van der Waals surface area contributed by atoms with Crippen LogP contribution in [0.2, 0.25) is 0 Å². The van der Waals surface area contributed by atoms with Crippen molar-refractivity contribution in [2.45, 2.75) is 46.1 Å². The fourth-order valence-corrected chi connectivity index (χ4v) is 3.24. The second-order valence-electron chi connectivity index (χ2n) is 6.18. The van der Waals surface area contributed by atoms with Gasteiger partial charge in [-0.25, -0.2) is 4.79 Å². The van der Waals surface area contributed by atoms with E-state index in [1.165, 1.54) is 19.3 Å². The maximum atomic E-state index is 11.3. The summed E-state index contributed by atoms with van der Waals surface area (Å²) in [4.78, 5) is 11.3. The van der Waals surface area contributed by atoms with Crippen LogP contribution < -0.4 is 10.6 Å². The molecule has 0 radical (unpaired) electrons. The maximum Gasteiger partial charge on any atom is 0.411 e. The lowest BCUT2D eigenvalue weighted by Crippen LogP contribution is -2.30. The van der Waals surface area contributed by atoms with Gasteiger partial charge in [-0.1, -0.05) is 13.8 Å². The lowest BCUT2D eigenvalue weighted by atomic mass is 9.80. The molecule has 0 aromatic heterocycles. The highest BCUT2D eigenvalue weighted by Gasteiger charge is 2.23. The van der Waals surface area contributed by atoms with E-state index in [9.17, 15) is 4.79 Å². The molecule has 21 heavy (non-hydrogen) atoms. The van der Waals surface area contributed by atoms with Gasteiger partial charge < -0.3 is 10.1 Å². The van der Waals surface area contributed by atoms with Crippen LogP contribution in [-0.4, -0.2) is 18.7 Å². The van der Waals surface area contributed by atoms with E-state index in [2.05, 4.69) is 24.5 Å². The molecule has 4 heteroatoms. The van der Waals surface area contributed by atoms with Gasteiger partial charge in [-0.3, -0.25) is 5.32 Å². The first-order valence-electron chi connectivity index (χ1n) is 7.87. The number of nitrogens with one attached hydrogen (secondary N) is 2. The molecule has 1 aromatic rings. The number of rotatable bonds is 4. The van der Waals surface area contributed by atoms with Crippen molar-refractivity contribution in [3.05, 3.63) is 24.3 Å². The Morgan fingerprint density at radius 1 is 1.10 bits per heavy atom. The topological polar surface area (TPSA) is 50.4 Å². The van der Waals surface area contributed by atoms with E-state index >= 15 is 0 Å². The highest BCUT2D eigenvalue weighted by atomic mass is 16.5. The molecule has 1 aliphatic carbocycles. The van der Waals surface area contributed by atoms with Crippen LogP contribution >= 0.6 is 0 Å². The van der Waals surface area contributed by atoms with E-state index in [1.807, 2.05) is 24.3 Å². The lowest BCUT2D eigenvalue weighted by molar-refractivity contribution is 0.168. The lowest BCUT2D eigenvalue weighted by Gasteiger charge is -2.32. The zero-order valence-corrected chi connectivity index (χ0v) is 13.2. The molecule has 1 aliphatic rings. The molecule has 2 N–H and O–H groups in total. The molecule has 0 saturated heterocycles. The molecule has 0 heterocycles. The number of hydrogen-bond acceptors (Lipinski definition) is 3. The average molecular weight is 290 g/mol. The van der Waals surface area contributed by atoms with Gasteiger partial charge in [0.25, 0.3) is 0 Å². The summed E-state index contributed by atoms with van der Waals surface area (Å²) in [5.41, 5.74) is 1.86.